The van der Waals surface area contributed by atoms with Crippen LogP contribution in [0.15, 0.2) is 12.7 Å². The lowest BCUT2D eigenvalue weighted by molar-refractivity contribution is -0.0511. The monoisotopic (exact) mass is 531 g/mol. The van der Waals surface area contributed by atoms with Crippen molar-refractivity contribution in [2.24, 2.45) is 0 Å². The van der Waals surface area contributed by atoms with E-state index in [0.717, 1.165) is 6.33 Å². The number of imidazole rings is 1. The van der Waals surface area contributed by atoms with Gasteiger partial charge in [-0.25, -0.2) is 24.1 Å². The quantitative estimate of drug-likeness (QED) is 0.134. The summed E-state index contributed by atoms with van der Waals surface area (Å²) in [6.07, 6.45) is -6.98. The molecule has 0 aromatic carbocycles. The van der Waals surface area contributed by atoms with E-state index in [1.54, 1.807) is 0 Å². The molecule has 20 heteroatoms. The Bertz CT molecular complexity index is 1090. The number of aromatic nitrogens is 4. The zero-order valence-electron chi connectivity index (χ0n) is 17.1. The Labute approximate surface area is 190 Å². The normalized spacial score (nSPS) is 28.4. The molecule has 0 bridgehead atoms. The minimum Gasteiger partial charge on any atom is -0.394 e. The fourth-order valence-electron chi connectivity index (χ4n) is 2.90. The van der Waals surface area contributed by atoms with Crippen LogP contribution in [0.2, 0.25) is 0 Å². The molecule has 18 nitrogen and oxygen atoms in total. The molecular formula is C14H23N5O13P2. The molecule has 9 N–H and O–H groups in total. The number of hydrogen-bond donors (Lipinski definition) is 8. The van der Waals surface area contributed by atoms with E-state index in [-0.39, 0.29) is 17.0 Å². The summed E-state index contributed by atoms with van der Waals surface area (Å²) in [4.78, 5) is 31.0. The van der Waals surface area contributed by atoms with Gasteiger partial charge in [0.1, 0.15) is 42.4 Å². The summed E-state index contributed by atoms with van der Waals surface area (Å²) in [5.41, 5.74) is 6.08. The van der Waals surface area contributed by atoms with Gasteiger partial charge in [0.15, 0.2) is 17.7 Å². The minimum absolute atomic E-state index is 0.0593. The van der Waals surface area contributed by atoms with Crippen molar-refractivity contribution in [3.63, 3.8) is 0 Å². The summed E-state index contributed by atoms with van der Waals surface area (Å²) in [7, 11) is -10.6. The van der Waals surface area contributed by atoms with Crippen LogP contribution >= 0.6 is 15.6 Å². The van der Waals surface area contributed by atoms with Crippen LogP contribution in [0.3, 0.4) is 0 Å². The number of nitrogens with zero attached hydrogens (tertiary/aromatic N) is 4. The first-order chi connectivity index (χ1) is 15.8. The lowest BCUT2D eigenvalue weighted by Crippen LogP contribution is -2.33. The number of hydrogen-bond acceptors (Lipinski definition) is 15. The highest BCUT2D eigenvalue weighted by molar-refractivity contribution is 7.61. The molecule has 1 aliphatic rings. The molecule has 0 saturated carbocycles. The van der Waals surface area contributed by atoms with Gasteiger partial charge in [-0.1, -0.05) is 0 Å². The average molecular weight is 531 g/mol. The van der Waals surface area contributed by atoms with E-state index in [9.17, 15) is 39.3 Å². The summed E-state index contributed by atoms with van der Waals surface area (Å²) in [6, 6.07) is 0. The Morgan fingerprint density at radius 3 is 2.44 bits per heavy atom. The predicted octanol–water partition coefficient (Wildman–Crippen LogP) is -3.01. The van der Waals surface area contributed by atoms with Gasteiger partial charge in [-0.15, -0.1) is 0 Å². The van der Waals surface area contributed by atoms with Crippen LogP contribution in [0.4, 0.5) is 5.82 Å². The highest BCUT2D eigenvalue weighted by Crippen LogP contribution is 2.60. The molecule has 0 aliphatic carbocycles. The molecule has 0 radical (unpaired) electrons. The molecule has 8 atom stereocenters. The number of aliphatic hydroxyl groups excluding tert-OH is 5. The summed E-state index contributed by atoms with van der Waals surface area (Å²) in [5, 5.41) is 47.8. The lowest BCUT2D eigenvalue weighted by Gasteiger charge is -2.20. The van der Waals surface area contributed by atoms with E-state index in [1.807, 2.05) is 0 Å². The maximum atomic E-state index is 12.0. The van der Waals surface area contributed by atoms with Gasteiger partial charge in [0.2, 0.25) is 0 Å². The molecule has 3 rings (SSSR count). The zero-order chi connectivity index (χ0) is 25.3. The van der Waals surface area contributed by atoms with Gasteiger partial charge in [0.25, 0.3) is 0 Å². The molecule has 0 spiro atoms. The van der Waals surface area contributed by atoms with Crippen LogP contribution in [0.5, 0.6) is 0 Å². The fraction of sp³-hybridized carbons (Fsp3) is 0.643. The summed E-state index contributed by atoms with van der Waals surface area (Å²) < 4.78 is 43.5. The van der Waals surface area contributed by atoms with E-state index < -0.39 is 72.2 Å². The Morgan fingerprint density at radius 1 is 1.09 bits per heavy atom. The van der Waals surface area contributed by atoms with Gasteiger partial charge >= 0.3 is 15.6 Å². The van der Waals surface area contributed by atoms with E-state index in [4.69, 9.17) is 15.6 Å². The van der Waals surface area contributed by atoms with Gasteiger partial charge in [-0.05, 0) is 0 Å². The van der Waals surface area contributed by atoms with Crippen LogP contribution in [0.25, 0.3) is 11.2 Å². The molecule has 2 aromatic rings. The first kappa shape index (κ1) is 27.0. The molecule has 2 aromatic heterocycles. The van der Waals surface area contributed by atoms with Crippen molar-refractivity contribution in [2.45, 2.75) is 36.7 Å². The molecular weight excluding hydrogens is 508 g/mol. The highest BCUT2D eigenvalue weighted by Gasteiger charge is 2.46. The van der Waals surface area contributed by atoms with E-state index in [0.29, 0.717) is 0 Å². The standard InChI is InChI=1S/C14H23N5O13P2/c15-12-9-13(17-4-16-12)19(5-18-9)14-11(24)10(23)8(31-14)3-30-34(27,28)32-33(25,26)29-2-7(22)6(21)1-20/h4-8,10-11,14,20-24H,1-3H2,(H,25,26)(H,27,28)(H2,15,16,17)/t6-,7+,8+,10+,11+,14+/m0/s1. The Morgan fingerprint density at radius 2 is 1.76 bits per heavy atom. The second-order valence-corrected chi connectivity index (χ2v) is 10.1. The number of fused-ring (bicyclic) bond motifs is 1. The van der Waals surface area contributed by atoms with Crippen molar-refractivity contribution < 1.29 is 62.5 Å². The van der Waals surface area contributed by atoms with Crippen molar-refractivity contribution in [3.05, 3.63) is 12.7 Å². The van der Waals surface area contributed by atoms with Gasteiger partial charge in [0, 0.05) is 0 Å². The van der Waals surface area contributed by atoms with Gasteiger partial charge in [-0.3, -0.25) is 13.6 Å². The number of ether oxygens (including phenoxy) is 1. The minimum atomic E-state index is -5.29. The largest absolute Gasteiger partial charge is 0.481 e. The molecule has 2 unspecified atom stereocenters. The molecule has 3 heterocycles. The van der Waals surface area contributed by atoms with Crippen molar-refractivity contribution >= 4 is 32.6 Å². The second kappa shape index (κ2) is 10.5. The van der Waals surface area contributed by atoms with Crippen LogP contribution in [0.1, 0.15) is 6.23 Å². The molecule has 0 amide bonds. The van der Waals surface area contributed by atoms with Crippen molar-refractivity contribution in [1.29, 1.82) is 0 Å². The molecule has 34 heavy (non-hydrogen) atoms. The zero-order valence-corrected chi connectivity index (χ0v) is 18.9. The van der Waals surface area contributed by atoms with Crippen LogP contribution < -0.4 is 5.73 Å². The number of nitrogen functional groups attached to an aromatic ring is 1. The number of nitrogens with two attached hydrogens (primary N) is 1. The third kappa shape index (κ3) is 6.13. The summed E-state index contributed by atoms with van der Waals surface area (Å²) >= 11 is 0. The van der Waals surface area contributed by atoms with Crippen LogP contribution in [-0.2, 0) is 27.2 Å². The highest BCUT2D eigenvalue weighted by atomic mass is 31.3. The number of aliphatic hydroxyl groups is 5. The van der Waals surface area contributed by atoms with E-state index in [1.165, 1.54) is 10.9 Å². The maximum absolute atomic E-state index is 12.0. The van der Waals surface area contributed by atoms with Gasteiger partial charge in [0.05, 0.1) is 26.1 Å². The lowest BCUT2D eigenvalue weighted by atomic mass is 10.1. The first-order valence-electron chi connectivity index (χ1n) is 9.43. The number of phosphoric acid groups is 2. The van der Waals surface area contributed by atoms with Crippen LogP contribution in [0, 0.1) is 0 Å². The van der Waals surface area contributed by atoms with E-state index in [2.05, 4.69) is 28.3 Å². The molecule has 1 aliphatic heterocycles. The third-order valence-electron chi connectivity index (χ3n) is 4.65. The first-order valence-corrected chi connectivity index (χ1v) is 12.4. The molecule has 1 fully saturated rings. The number of rotatable bonds is 11. The Kier molecular flexibility index (Phi) is 8.37. The third-order valence-corrected chi connectivity index (χ3v) is 7.25. The van der Waals surface area contributed by atoms with Crippen molar-refractivity contribution in [1.82, 2.24) is 19.5 Å². The SMILES string of the molecule is Nc1ncnc2c1ncn2[C@@H]1O[C@H](COP(=O)(O)OP(=O)(O)OC[C@@H](O)[C@@H](O)CO)[C@@H](O)[C@H]1O. The summed E-state index contributed by atoms with van der Waals surface area (Å²) in [6.45, 7) is -2.78. The van der Waals surface area contributed by atoms with Crippen molar-refractivity contribution in [3.8, 4) is 0 Å². The fourth-order valence-corrected chi connectivity index (χ4v) is 5.00. The maximum Gasteiger partial charge on any atom is 0.481 e. The van der Waals surface area contributed by atoms with Crippen LogP contribution in [-0.4, -0.2) is 105 Å². The van der Waals surface area contributed by atoms with Gasteiger partial charge < -0.3 is 45.8 Å². The topological polar surface area (TPSA) is 282 Å². The molecule has 1 saturated heterocycles. The smallest absolute Gasteiger partial charge is 0.394 e. The molecule has 192 valence electrons. The predicted molar refractivity (Wildman–Crippen MR) is 107 cm³/mol. The van der Waals surface area contributed by atoms with E-state index >= 15 is 0 Å². The van der Waals surface area contributed by atoms with Crippen molar-refractivity contribution in [2.75, 3.05) is 25.6 Å². The summed E-state index contributed by atoms with van der Waals surface area (Å²) in [5.74, 6) is 0.0593. The Balaban J connectivity index is 1.60. The second-order valence-electron chi connectivity index (χ2n) is 7.06. The Hall–Kier alpha value is -1.63. The number of anilines is 1. The number of phosphoric ester groups is 2. The van der Waals surface area contributed by atoms with Gasteiger partial charge in [-0.2, -0.15) is 4.31 Å². The average Bonchev–Trinajstić information content (AvgIpc) is 3.31.